The average molecular weight is 888 g/mol. The molecule has 0 radical (unpaired) electrons. The van der Waals surface area contributed by atoms with E-state index in [1.165, 1.54) is 125 Å². The summed E-state index contributed by atoms with van der Waals surface area (Å²) in [6.07, 6.45) is 4.88. The first-order valence-electron chi connectivity index (χ1n) is 25.3. The zero-order valence-corrected chi connectivity index (χ0v) is 42.2. The van der Waals surface area contributed by atoms with E-state index in [4.69, 9.17) is 0 Å². The molecule has 1 aliphatic carbocycles. The van der Waals surface area contributed by atoms with Crippen LogP contribution in [0.3, 0.4) is 0 Å². The van der Waals surface area contributed by atoms with Gasteiger partial charge < -0.3 is 14.3 Å². The van der Waals surface area contributed by atoms with Crippen molar-refractivity contribution in [3.63, 3.8) is 0 Å². The molecule has 0 N–H and O–H groups in total. The van der Waals surface area contributed by atoms with E-state index < -0.39 is 0 Å². The second-order valence-corrected chi connectivity index (χ2v) is 24.1. The van der Waals surface area contributed by atoms with Crippen LogP contribution >= 0.6 is 0 Å². The summed E-state index contributed by atoms with van der Waals surface area (Å²) in [6, 6.07) is 59.1. The zero-order chi connectivity index (χ0) is 47.3. The van der Waals surface area contributed by atoms with Gasteiger partial charge in [0.25, 0.3) is 0 Å². The van der Waals surface area contributed by atoms with Gasteiger partial charge in [-0.05, 0) is 134 Å². The lowest BCUT2D eigenvalue weighted by molar-refractivity contribution is 0.195. The van der Waals surface area contributed by atoms with E-state index in [0.717, 1.165) is 6.42 Å². The molecule has 0 saturated heterocycles. The molecule has 0 spiro atoms. The summed E-state index contributed by atoms with van der Waals surface area (Å²) < 4.78 is 2.78. The number of anilines is 5. The predicted molar refractivity (Wildman–Crippen MR) is 292 cm³/mol. The number of fused-ring (bicyclic) bond motifs is 7. The summed E-state index contributed by atoms with van der Waals surface area (Å²) in [6.45, 7) is 26.3. The van der Waals surface area contributed by atoms with E-state index in [1.54, 1.807) is 0 Å². The Kier molecular flexibility index (Phi) is 9.26. The number of nitrogens with zero attached hydrogens (tertiary/aromatic N) is 3. The zero-order valence-electron chi connectivity index (χ0n) is 42.2. The molecule has 4 heteroatoms. The van der Waals surface area contributed by atoms with Crippen LogP contribution in [0.1, 0.15) is 124 Å². The van der Waals surface area contributed by atoms with Gasteiger partial charge in [0.2, 0.25) is 0 Å². The number of para-hydroxylation sites is 1. The van der Waals surface area contributed by atoms with E-state index in [1.807, 2.05) is 0 Å². The highest BCUT2D eigenvalue weighted by Gasteiger charge is 2.58. The lowest BCUT2D eigenvalue weighted by atomic mass is 9.44. The first-order valence-corrected chi connectivity index (χ1v) is 25.3. The number of rotatable bonds is 4. The molecule has 3 nitrogen and oxygen atoms in total. The van der Waals surface area contributed by atoms with E-state index in [-0.39, 0.29) is 34.0 Å². The molecule has 2 atom stereocenters. The van der Waals surface area contributed by atoms with Gasteiger partial charge in [0.05, 0.1) is 5.54 Å². The normalized spacial score (nSPS) is 19.5. The van der Waals surface area contributed by atoms with Crippen molar-refractivity contribution in [2.45, 2.75) is 129 Å². The van der Waals surface area contributed by atoms with Crippen LogP contribution in [0.5, 0.6) is 0 Å². The maximum atomic E-state index is 2.78. The first kappa shape index (κ1) is 43.1. The third-order valence-corrected chi connectivity index (χ3v) is 17.0. The third-order valence-electron chi connectivity index (χ3n) is 17.0. The summed E-state index contributed by atoms with van der Waals surface area (Å²) >= 11 is 0. The summed E-state index contributed by atoms with van der Waals surface area (Å²) in [5.41, 5.74) is 23.5. The van der Waals surface area contributed by atoms with Crippen molar-refractivity contribution in [2.75, 3.05) is 9.80 Å². The monoisotopic (exact) mass is 888 g/mol. The Morgan fingerprint density at radius 1 is 0.500 bits per heavy atom. The fraction of sp³-hybridized carbons (Fsp3) is 0.312. The van der Waals surface area contributed by atoms with Crippen molar-refractivity contribution in [3.8, 4) is 33.5 Å². The maximum Gasteiger partial charge on any atom is 0.333 e. The van der Waals surface area contributed by atoms with Gasteiger partial charge in [-0.15, -0.1) is 0 Å². The maximum absolute atomic E-state index is 2.78. The Labute approximate surface area is 406 Å². The Morgan fingerprint density at radius 3 is 1.76 bits per heavy atom. The van der Waals surface area contributed by atoms with Crippen molar-refractivity contribution in [1.29, 1.82) is 0 Å². The predicted octanol–water partition coefficient (Wildman–Crippen LogP) is 16.0. The summed E-state index contributed by atoms with van der Waals surface area (Å²) in [7, 11) is 0. The Morgan fingerprint density at radius 2 is 1.09 bits per heavy atom. The molecule has 7 aromatic carbocycles. The van der Waals surface area contributed by atoms with Crippen LogP contribution in [0, 0.1) is 0 Å². The van der Waals surface area contributed by atoms with E-state index in [0.29, 0.717) is 0 Å². The quantitative estimate of drug-likeness (QED) is 0.163. The molecule has 3 aliphatic heterocycles. The smallest absolute Gasteiger partial charge is 0.333 e. The molecular weight excluding hydrogens is 822 g/mol. The second-order valence-electron chi connectivity index (χ2n) is 24.1. The van der Waals surface area contributed by atoms with E-state index in [2.05, 4.69) is 242 Å². The summed E-state index contributed by atoms with van der Waals surface area (Å²) in [4.78, 5) is 5.41. The van der Waals surface area contributed by atoms with Crippen LogP contribution in [0.2, 0.25) is 0 Å². The Bertz CT molecular complexity index is 3320. The Balaban J connectivity index is 1.24. The first-order chi connectivity index (χ1) is 32.4. The molecule has 4 aliphatic rings. The van der Waals surface area contributed by atoms with Crippen LogP contribution in [-0.4, -0.2) is 16.9 Å². The van der Waals surface area contributed by atoms with Gasteiger partial charge in [0, 0.05) is 61.6 Å². The third kappa shape index (κ3) is 6.11. The molecule has 1 saturated carbocycles. The minimum absolute atomic E-state index is 0.0335. The largest absolute Gasteiger partial charge is 0.375 e. The molecule has 68 heavy (non-hydrogen) atoms. The van der Waals surface area contributed by atoms with Crippen LogP contribution in [0.25, 0.3) is 44.4 Å². The number of aromatic nitrogens is 1. The van der Waals surface area contributed by atoms with Crippen molar-refractivity contribution in [3.05, 3.63) is 174 Å². The highest BCUT2D eigenvalue weighted by Crippen LogP contribution is 2.61. The van der Waals surface area contributed by atoms with Gasteiger partial charge in [0.15, 0.2) is 0 Å². The van der Waals surface area contributed by atoms with Gasteiger partial charge in [-0.3, -0.25) is 0 Å². The SMILES string of the molecule is CC(C)(C)c1ccc(N2c3cc(N4c5ccccc5C5(C)CCCCC45C)ccc3B3c4c(cc(C(C)(C)C)cc42)-c2cc(C(C)(C)C)cc4c(-c5ccccc5)c(-c5ccccc5)n3c24)cc1. The van der Waals surface area contributed by atoms with E-state index >= 15 is 0 Å². The van der Waals surface area contributed by atoms with Crippen LogP contribution in [0.15, 0.2) is 152 Å². The Hall–Kier alpha value is -6.26. The molecule has 340 valence electrons. The lowest BCUT2D eigenvalue weighted by Gasteiger charge is -2.50. The molecule has 1 aromatic heterocycles. The molecule has 4 heterocycles. The average Bonchev–Trinajstić information content (AvgIpc) is 3.76. The summed E-state index contributed by atoms with van der Waals surface area (Å²) in [5.74, 6) is 0. The van der Waals surface area contributed by atoms with Crippen molar-refractivity contribution >= 4 is 57.1 Å². The number of hydrogen-bond donors (Lipinski definition) is 0. The molecule has 12 rings (SSSR count). The van der Waals surface area contributed by atoms with Crippen molar-refractivity contribution < 1.29 is 0 Å². The van der Waals surface area contributed by atoms with Gasteiger partial charge in [-0.1, -0.05) is 185 Å². The number of hydrogen-bond acceptors (Lipinski definition) is 2. The highest BCUT2D eigenvalue weighted by molar-refractivity contribution is 6.89. The van der Waals surface area contributed by atoms with Crippen molar-refractivity contribution in [2.24, 2.45) is 0 Å². The van der Waals surface area contributed by atoms with Crippen molar-refractivity contribution in [1.82, 2.24) is 4.48 Å². The van der Waals surface area contributed by atoms with Gasteiger partial charge in [-0.25, -0.2) is 0 Å². The summed E-state index contributed by atoms with van der Waals surface area (Å²) in [5, 5.41) is 1.32. The second kappa shape index (κ2) is 14.6. The fourth-order valence-corrected chi connectivity index (χ4v) is 13.0. The van der Waals surface area contributed by atoms with E-state index in [9.17, 15) is 0 Å². The molecule has 8 aromatic rings. The molecule has 0 amide bonds. The molecule has 2 unspecified atom stereocenters. The number of benzene rings is 7. The molecule has 0 bridgehead atoms. The van der Waals surface area contributed by atoms with Gasteiger partial charge in [0.1, 0.15) is 0 Å². The lowest BCUT2D eigenvalue weighted by Crippen LogP contribution is -2.57. The highest BCUT2D eigenvalue weighted by atomic mass is 15.3. The molecular formula is C64H66BN3. The van der Waals surface area contributed by atoms with Gasteiger partial charge in [-0.2, -0.15) is 0 Å². The topological polar surface area (TPSA) is 11.4 Å². The van der Waals surface area contributed by atoms with Crippen LogP contribution in [0.4, 0.5) is 28.4 Å². The minimum Gasteiger partial charge on any atom is -0.375 e. The van der Waals surface area contributed by atoms with Crippen LogP contribution < -0.4 is 20.7 Å². The fourth-order valence-electron chi connectivity index (χ4n) is 13.0. The van der Waals surface area contributed by atoms with Crippen LogP contribution in [-0.2, 0) is 21.7 Å². The minimum atomic E-state index is -0.102. The standard InChI is InChI=1S/C64H66BN3/c1-60(2,3)43-28-30-46(31-29-43)66-54-40-47(67-53-27-19-18-26-51(53)63(10)34-20-21-35-64(63,67)11)32-33-52(54)65-57-48(36-45(39-55(57)66)62(7,8)9)49-37-44(61(4,5)6)38-50-56(41-22-14-12-15-23-41)58(68(65)59(49)50)42-24-16-13-17-25-42/h12-19,22-33,36-40H,20-21,34-35H2,1-11H3. The molecule has 1 fully saturated rings. The van der Waals surface area contributed by atoms with Gasteiger partial charge >= 0.3 is 6.85 Å².